The van der Waals surface area contributed by atoms with Gasteiger partial charge < -0.3 is 14.8 Å². The number of amides is 1. The van der Waals surface area contributed by atoms with Gasteiger partial charge in [0.1, 0.15) is 17.2 Å². The minimum atomic E-state index is -4.57. The van der Waals surface area contributed by atoms with Crippen molar-refractivity contribution in [2.24, 2.45) is 0 Å². The van der Waals surface area contributed by atoms with E-state index in [0.717, 1.165) is 12.3 Å². The van der Waals surface area contributed by atoms with Crippen LogP contribution in [0.4, 0.5) is 13.2 Å². The Kier molecular flexibility index (Phi) is 5.67. The standard InChI is InChI=1S/C20H16F3N3O3/c1-24-18(27)13-8-14(28-2)11-15(9-13)29-19-16(4-3-6-26-19)12-5-7-25-17(10-12)20(21,22)23/h3-11H,1-2H3,(H,24,27). The van der Waals surface area contributed by atoms with Gasteiger partial charge in [0, 0.05) is 36.6 Å². The van der Waals surface area contributed by atoms with Crippen molar-refractivity contribution < 1.29 is 27.4 Å². The molecule has 6 nitrogen and oxygen atoms in total. The molecule has 9 heteroatoms. The molecule has 0 aliphatic rings. The smallest absolute Gasteiger partial charge is 0.433 e. The van der Waals surface area contributed by atoms with Crippen LogP contribution in [0.15, 0.2) is 54.9 Å². The summed E-state index contributed by atoms with van der Waals surface area (Å²) >= 11 is 0. The Morgan fingerprint density at radius 2 is 1.79 bits per heavy atom. The van der Waals surface area contributed by atoms with Crippen LogP contribution >= 0.6 is 0 Å². The molecule has 2 aromatic heterocycles. The molecule has 3 aromatic rings. The predicted octanol–water partition coefficient (Wildman–Crippen LogP) is 4.32. The van der Waals surface area contributed by atoms with E-state index in [0.29, 0.717) is 16.9 Å². The van der Waals surface area contributed by atoms with Crippen LogP contribution in [0.5, 0.6) is 17.4 Å². The van der Waals surface area contributed by atoms with Gasteiger partial charge in [0.2, 0.25) is 5.88 Å². The van der Waals surface area contributed by atoms with Gasteiger partial charge in [-0.15, -0.1) is 0 Å². The van der Waals surface area contributed by atoms with Crippen molar-refractivity contribution in [1.82, 2.24) is 15.3 Å². The Morgan fingerprint density at radius 1 is 1.03 bits per heavy atom. The van der Waals surface area contributed by atoms with Crippen molar-refractivity contribution in [1.29, 1.82) is 0 Å². The number of carbonyl (C=O) groups excluding carboxylic acids is 1. The number of ether oxygens (including phenoxy) is 2. The maximum Gasteiger partial charge on any atom is 0.433 e. The van der Waals surface area contributed by atoms with Crippen molar-refractivity contribution in [2.45, 2.75) is 6.18 Å². The van der Waals surface area contributed by atoms with Crippen LogP contribution in [0.2, 0.25) is 0 Å². The molecular weight excluding hydrogens is 387 g/mol. The number of hydrogen-bond donors (Lipinski definition) is 1. The number of alkyl halides is 3. The van der Waals surface area contributed by atoms with Crippen LogP contribution in [0.3, 0.4) is 0 Å². The summed E-state index contributed by atoms with van der Waals surface area (Å²) in [7, 11) is 2.93. The third-order valence-corrected chi connectivity index (χ3v) is 3.95. The summed E-state index contributed by atoms with van der Waals surface area (Å²) in [6.45, 7) is 0. The lowest BCUT2D eigenvalue weighted by molar-refractivity contribution is -0.141. The normalized spacial score (nSPS) is 11.1. The zero-order chi connectivity index (χ0) is 21.0. The monoisotopic (exact) mass is 403 g/mol. The number of carbonyl (C=O) groups is 1. The van der Waals surface area contributed by atoms with Crippen molar-refractivity contribution in [2.75, 3.05) is 14.2 Å². The van der Waals surface area contributed by atoms with E-state index in [2.05, 4.69) is 15.3 Å². The van der Waals surface area contributed by atoms with Gasteiger partial charge in [-0.2, -0.15) is 13.2 Å². The molecule has 0 atom stereocenters. The zero-order valence-electron chi connectivity index (χ0n) is 15.4. The SMILES string of the molecule is CNC(=O)c1cc(OC)cc(Oc2ncccc2-c2ccnc(C(F)(F)F)c2)c1. The zero-order valence-corrected chi connectivity index (χ0v) is 15.4. The minimum Gasteiger partial charge on any atom is -0.497 e. The number of hydrogen-bond acceptors (Lipinski definition) is 5. The minimum absolute atomic E-state index is 0.0722. The highest BCUT2D eigenvalue weighted by Gasteiger charge is 2.32. The number of nitrogens with one attached hydrogen (secondary N) is 1. The van der Waals surface area contributed by atoms with Crippen LogP contribution in [-0.4, -0.2) is 30.0 Å². The summed E-state index contributed by atoms with van der Waals surface area (Å²) in [5, 5.41) is 2.50. The summed E-state index contributed by atoms with van der Waals surface area (Å²) in [6, 6.07) is 10.1. The Morgan fingerprint density at radius 3 is 2.48 bits per heavy atom. The van der Waals surface area contributed by atoms with Crippen LogP contribution in [0.25, 0.3) is 11.1 Å². The van der Waals surface area contributed by atoms with Crippen LogP contribution in [-0.2, 0) is 6.18 Å². The predicted molar refractivity (Wildman–Crippen MR) is 98.9 cm³/mol. The first-order valence-corrected chi connectivity index (χ1v) is 8.39. The highest BCUT2D eigenvalue weighted by Crippen LogP contribution is 2.35. The van der Waals surface area contributed by atoms with Gasteiger partial charge in [-0.3, -0.25) is 9.78 Å². The van der Waals surface area contributed by atoms with E-state index in [1.165, 1.54) is 38.6 Å². The van der Waals surface area contributed by atoms with Crippen LogP contribution in [0.1, 0.15) is 16.1 Å². The topological polar surface area (TPSA) is 73.3 Å². The third-order valence-electron chi connectivity index (χ3n) is 3.95. The number of benzene rings is 1. The molecule has 0 bridgehead atoms. The fourth-order valence-corrected chi connectivity index (χ4v) is 2.58. The Labute approximate surface area is 164 Å². The van der Waals surface area contributed by atoms with E-state index in [9.17, 15) is 18.0 Å². The molecule has 0 saturated heterocycles. The lowest BCUT2D eigenvalue weighted by Crippen LogP contribution is -2.17. The van der Waals surface area contributed by atoms with Crippen molar-refractivity contribution >= 4 is 5.91 Å². The van der Waals surface area contributed by atoms with Crippen molar-refractivity contribution in [3.05, 3.63) is 66.1 Å². The van der Waals surface area contributed by atoms with Gasteiger partial charge in [-0.05, 0) is 42.0 Å². The molecule has 1 N–H and O–H groups in total. The van der Waals surface area contributed by atoms with Crippen molar-refractivity contribution in [3.8, 4) is 28.5 Å². The fourth-order valence-electron chi connectivity index (χ4n) is 2.58. The summed E-state index contributed by atoms with van der Waals surface area (Å²) in [5.41, 5.74) is -0.148. The molecule has 2 heterocycles. The summed E-state index contributed by atoms with van der Waals surface area (Å²) in [4.78, 5) is 19.4. The average Bonchev–Trinajstić information content (AvgIpc) is 2.72. The largest absolute Gasteiger partial charge is 0.497 e. The number of pyridine rings is 2. The van der Waals surface area contributed by atoms with E-state index in [1.807, 2.05) is 0 Å². The maximum atomic E-state index is 13.0. The Bertz CT molecular complexity index is 1040. The first-order valence-electron chi connectivity index (χ1n) is 8.39. The van der Waals surface area contributed by atoms with Gasteiger partial charge in [0.25, 0.3) is 5.91 Å². The second kappa shape index (κ2) is 8.17. The quantitative estimate of drug-likeness (QED) is 0.687. The molecule has 1 aromatic carbocycles. The lowest BCUT2D eigenvalue weighted by Gasteiger charge is -2.13. The van der Waals surface area contributed by atoms with E-state index >= 15 is 0 Å². The number of halogens is 3. The molecule has 0 unspecified atom stereocenters. The second-order valence-electron chi connectivity index (χ2n) is 5.86. The van der Waals surface area contributed by atoms with Crippen molar-refractivity contribution in [3.63, 3.8) is 0 Å². The highest BCUT2D eigenvalue weighted by molar-refractivity contribution is 5.94. The van der Waals surface area contributed by atoms with E-state index in [4.69, 9.17) is 9.47 Å². The molecule has 3 rings (SSSR count). The summed E-state index contributed by atoms with van der Waals surface area (Å²) < 4.78 is 50.0. The highest BCUT2D eigenvalue weighted by atomic mass is 19.4. The Balaban J connectivity index is 2.02. The molecule has 0 saturated carbocycles. The van der Waals surface area contributed by atoms with Gasteiger partial charge in [0.05, 0.1) is 7.11 Å². The fraction of sp³-hybridized carbons (Fsp3) is 0.150. The van der Waals surface area contributed by atoms with Gasteiger partial charge in [0.15, 0.2) is 0 Å². The molecular formula is C20H16F3N3O3. The first-order chi connectivity index (χ1) is 13.8. The average molecular weight is 403 g/mol. The third kappa shape index (κ3) is 4.63. The Hall–Kier alpha value is -3.62. The molecule has 1 amide bonds. The summed E-state index contributed by atoms with van der Waals surface area (Å²) in [5.74, 6) is 0.344. The number of methoxy groups -OCH3 is 1. The molecule has 0 radical (unpaired) electrons. The maximum absolute atomic E-state index is 13.0. The van der Waals surface area contributed by atoms with Gasteiger partial charge in [-0.1, -0.05) is 0 Å². The number of rotatable bonds is 5. The van der Waals surface area contributed by atoms with Gasteiger partial charge in [-0.25, -0.2) is 4.98 Å². The van der Waals surface area contributed by atoms with Crippen LogP contribution < -0.4 is 14.8 Å². The van der Waals surface area contributed by atoms with E-state index in [-0.39, 0.29) is 23.1 Å². The number of nitrogens with zero attached hydrogens (tertiary/aromatic N) is 2. The second-order valence-corrected chi connectivity index (χ2v) is 5.86. The van der Waals surface area contributed by atoms with E-state index in [1.54, 1.807) is 18.2 Å². The van der Waals surface area contributed by atoms with E-state index < -0.39 is 11.9 Å². The molecule has 0 spiro atoms. The molecule has 29 heavy (non-hydrogen) atoms. The lowest BCUT2D eigenvalue weighted by atomic mass is 10.1. The molecule has 150 valence electrons. The number of aromatic nitrogens is 2. The van der Waals surface area contributed by atoms with Gasteiger partial charge >= 0.3 is 6.18 Å². The summed E-state index contributed by atoms with van der Waals surface area (Å²) in [6.07, 6.45) is -2.05. The molecule has 0 fully saturated rings. The van der Waals surface area contributed by atoms with Crippen LogP contribution in [0, 0.1) is 0 Å². The molecule has 0 aliphatic carbocycles. The first kappa shape index (κ1) is 20.1. The molecule has 0 aliphatic heterocycles.